The lowest BCUT2D eigenvalue weighted by atomic mass is 10.1. The fraction of sp³-hybridized carbons (Fsp3) is 0.235. The number of nitrogen functional groups attached to an aromatic ring is 1. The Morgan fingerprint density at radius 3 is 2.60 bits per heavy atom. The van der Waals surface area contributed by atoms with Crippen LogP contribution >= 0.6 is 0 Å². The average Bonchev–Trinajstić information content (AvgIpc) is 2.42. The predicted molar refractivity (Wildman–Crippen MR) is 84.2 cm³/mol. The summed E-state index contributed by atoms with van der Waals surface area (Å²) in [5.41, 5.74) is 10.5. The van der Waals surface area contributed by atoms with Crippen LogP contribution in [0.4, 0.5) is 11.4 Å². The second-order valence-electron chi connectivity index (χ2n) is 5.02. The molecule has 3 nitrogen and oxygen atoms in total. The zero-order valence-electron chi connectivity index (χ0n) is 11.9. The molecule has 0 spiro atoms. The van der Waals surface area contributed by atoms with Gasteiger partial charge in [-0.25, -0.2) is 0 Å². The van der Waals surface area contributed by atoms with Crippen LogP contribution in [0.3, 0.4) is 0 Å². The molecule has 0 bridgehead atoms. The Labute approximate surface area is 119 Å². The highest BCUT2D eigenvalue weighted by atomic mass is 16.1. The van der Waals surface area contributed by atoms with Gasteiger partial charge in [0.2, 0.25) is 0 Å². The van der Waals surface area contributed by atoms with Gasteiger partial charge in [0.25, 0.3) is 0 Å². The van der Waals surface area contributed by atoms with E-state index in [1.165, 1.54) is 11.1 Å². The summed E-state index contributed by atoms with van der Waals surface area (Å²) in [6.07, 6.45) is 0.455. The van der Waals surface area contributed by atoms with Gasteiger partial charge in [0.15, 0.2) is 5.78 Å². The van der Waals surface area contributed by atoms with E-state index in [2.05, 4.69) is 31.3 Å². The third kappa shape index (κ3) is 3.60. The van der Waals surface area contributed by atoms with Crippen LogP contribution in [0.2, 0.25) is 0 Å². The molecule has 20 heavy (non-hydrogen) atoms. The number of carbonyl (C=O) groups is 1. The molecule has 104 valence electrons. The number of rotatable bonds is 5. The van der Waals surface area contributed by atoms with Crippen molar-refractivity contribution in [1.82, 2.24) is 0 Å². The van der Waals surface area contributed by atoms with Crippen LogP contribution in [0.15, 0.2) is 42.5 Å². The average molecular weight is 268 g/mol. The first kappa shape index (κ1) is 14.1. The minimum absolute atomic E-state index is 0.105. The van der Waals surface area contributed by atoms with Crippen molar-refractivity contribution in [3.63, 3.8) is 0 Å². The monoisotopic (exact) mass is 268 g/mol. The van der Waals surface area contributed by atoms with Crippen LogP contribution in [0.1, 0.15) is 27.9 Å². The van der Waals surface area contributed by atoms with Gasteiger partial charge in [-0.3, -0.25) is 4.79 Å². The molecule has 0 aliphatic heterocycles. The highest BCUT2D eigenvalue weighted by Crippen LogP contribution is 2.14. The predicted octanol–water partition coefficient (Wildman–Crippen LogP) is 3.57. The van der Waals surface area contributed by atoms with Crippen LogP contribution in [0.5, 0.6) is 0 Å². The lowest BCUT2D eigenvalue weighted by Gasteiger charge is -2.08. The van der Waals surface area contributed by atoms with Gasteiger partial charge in [0.05, 0.1) is 0 Å². The zero-order valence-corrected chi connectivity index (χ0v) is 11.9. The molecule has 2 aromatic rings. The molecule has 3 N–H and O–H groups in total. The van der Waals surface area contributed by atoms with Crippen molar-refractivity contribution in [3.05, 3.63) is 59.2 Å². The van der Waals surface area contributed by atoms with Crippen LogP contribution in [0.25, 0.3) is 0 Å². The number of nitrogens with two attached hydrogens (primary N) is 1. The van der Waals surface area contributed by atoms with Gasteiger partial charge in [-0.1, -0.05) is 18.2 Å². The van der Waals surface area contributed by atoms with E-state index in [9.17, 15) is 4.79 Å². The van der Waals surface area contributed by atoms with Crippen molar-refractivity contribution < 1.29 is 4.79 Å². The van der Waals surface area contributed by atoms with Gasteiger partial charge < -0.3 is 11.1 Å². The van der Waals surface area contributed by atoms with Crippen molar-refractivity contribution in [2.24, 2.45) is 0 Å². The molecular weight excluding hydrogens is 248 g/mol. The minimum Gasteiger partial charge on any atom is -0.399 e. The highest BCUT2D eigenvalue weighted by Gasteiger charge is 2.05. The lowest BCUT2D eigenvalue weighted by molar-refractivity contribution is 0.0986. The van der Waals surface area contributed by atoms with Crippen molar-refractivity contribution >= 4 is 17.2 Å². The van der Waals surface area contributed by atoms with E-state index < -0.39 is 0 Å². The van der Waals surface area contributed by atoms with E-state index in [1.54, 1.807) is 24.3 Å². The number of nitrogens with one attached hydrogen (secondary N) is 1. The van der Waals surface area contributed by atoms with Crippen molar-refractivity contribution in [2.45, 2.75) is 20.3 Å². The number of benzene rings is 2. The third-order valence-corrected chi connectivity index (χ3v) is 3.40. The maximum Gasteiger partial charge on any atom is 0.164 e. The Hall–Kier alpha value is -2.29. The largest absolute Gasteiger partial charge is 0.399 e. The maximum atomic E-state index is 12.0. The molecule has 0 saturated heterocycles. The molecule has 0 aromatic heterocycles. The van der Waals surface area contributed by atoms with E-state index in [0.29, 0.717) is 24.2 Å². The van der Waals surface area contributed by atoms with Crippen LogP contribution in [-0.2, 0) is 0 Å². The molecule has 0 aliphatic carbocycles. The molecule has 0 radical (unpaired) electrons. The van der Waals surface area contributed by atoms with Gasteiger partial charge in [-0.2, -0.15) is 0 Å². The lowest BCUT2D eigenvalue weighted by Crippen LogP contribution is -2.09. The minimum atomic E-state index is 0.105. The van der Waals surface area contributed by atoms with E-state index in [1.807, 2.05) is 6.07 Å². The summed E-state index contributed by atoms with van der Waals surface area (Å²) in [6.45, 7) is 4.79. The van der Waals surface area contributed by atoms with Gasteiger partial charge in [-0.05, 0) is 49.2 Å². The van der Waals surface area contributed by atoms with Gasteiger partial charge in [0, 0.05) is 29.9 Å². The standard InChI is InChI=1S/C17H20N2O/c1-12-6-7-16(10-13(12)2)19-9-8-17(20)14-4-3-5-15(18)11-14/h3-7,10-11,19H,8-9,18H2,1-2H3. The zero-order chi connectivity index (χ0) is 14.5. The summed E-state index contributed by atoms with van der Waals surface area (Å²) in [6, 6.07) is 13.3. The van der Waals surface area contributed by atoms with Gasteiger partial charge in [0.1, 0.15) is 0 Å². The molecule has 0 aliphatic rings. The molecule has 0 amide bonds. The first-order valence-electron chi connectivity index (χ1n) is 6.76. The molecule has 0 unspecified atom stereocenters. The molecular formula is C17H20N2O. The number of hydrogen-bond donors (Lipinski definition) is 2. The van der Waals surface area contributed by atoms with Gasteiger partial charge in [-0.15, -0.1) is 0 Å². The number of ketones is 1. The molecule has 2 rings (SSSR count). The Morgan fingerprint density at radius 2 is 1.90 bits per heavy atom. The second-order valence-corrected chi connectivity index (χ2v) is 5.02. The quantitative estimate of drug-likeness (QED) is 0.644. The van der Waals surface area contributed by atoms with Crippen LogP contribution in [-0.4, -0.2) is 12.3 Å². The number of carbonyl (C=O) groups excluding carboxylic acids is 1. The summed E-state index contributed by atoms with van der Waals surface area (Å²) in [7, 11) is 0. The molecule has 3 heteroatoms. The van der Waals surface area contributed by atoms with Gasteiger partial charge >= 0.3 is 0 Å². The Morgan fingerprint density at radius 1 is 1.10 bits per heavy atom. The summed E-state index contributed by atoms with van der Waals surface area (Å²) in [4.78, 5) is 12.0. The third-order valence-electron chi connectivity index (χ3n) is 3.40. The maximum absolute atomic E-state index is 12.0. The molecule has 0 fully saturated rings. The molecule has 0 atom stereocenters. The second kappa shape index (κ2) is 6.24. The Bertz CT molecular complexity index is 620. The summed E-state index contributed by atoms with van der Waals surface area (Å²) in [5, 5.41) is 3.28. The van der Waals surface area contributed by atoms with Crippen molar-refractivity contribution in [3.8, 4) is 0 Å². The van der Waals surface area contributed by atoms with E-state index in [4.69, 9.17) is 5.73 Å². The van der Waals surface area contributed by atoms with E-state index in [0.717, 1.165) is 5.69 Å². The fourth-order valence-electron chi connectivity index (χ4n) is 2.03. The van der Waals surface area contributed by atoms with Crippen LogP contribution < -0.4 is 11.1 Å². The number of Topliss-reactive ketones (excluding diaryl/α,β-unsaturated/α-hetero) is 1. The highest BCUT2D eigenvalue weighted by molar-refractivity contribution is 5.97. The van der Waals surface area contributed by atoms with E-state index >= 15 is 0 Å². The smallest absolute Gasteiger partial charge is 0.164 e. The molecule has 2 aromatic carbocycles. The molecule has 0 saturated carbocycles. The Balaban J connectivity index is 1.89. The number of anilines is 2. The number of aryl methyl sites for hydroxylation is 2. The fourth-order valence-corrected chi connectivity index (χ4v) is 2.03. The normalized spacial score (nSPS) is 10.3. The topological polar surface area (TPSA) is 55.1 Å². The first-order valence-corrected chi connectivity index (χ1v) is 6.76. The van der Waals surface area contributed by atoms with Crippen LogP contribution in [0, 0.1) is 13.8 Å². The summed E-state index contributed by atoms with van der Waals surface area (Å²) < 4.78 is 0. The van der Waals surface area contributed by atoms with Crippen molar-refractivity contribution in [1.29, 1.82) is 0 Å². The van der Waals surface area contributed by atoms with Crippen molar-refractivity contribution in [2.75, 3.05) is 17.6 Å². The first-order chi connectivity index (χ1) is 9.56. The Kier molecular flexibility index (Phi) is 4.41. The summed E-state index contributed by atoms with van der Waals surface area (Å²) >= 11 is 0. The SMILES string of the molecule is Cc1ccc(NCCC(=O)c2cccc(N)c2)cc1C. The number of hydrogen-bond acceptors (Lipinski definition) is 3. The van der Waals surface area contributed by atoms with E-state index in [-0.39, 0.29) is 5.78 Å². The molecule has 0 heterocycles. The summed E-state index contributed by atoms with van der Waals surface area (Å²) in [5.74, 6) is 0.105.